The quantitative estimate of drug-likeness (QED) is 0.546. The number of rotatable bonds is 0. The third kappa shape index (κ3) is 1.50. The van der Waals surface area contributed by atoms with Gasteiger partial charge in [0.2, 0.25) is 0 Å². The zero-order chi connectivity index (χ0) is 8.60. The maximum Gasteiger partial charge on any atom is 0.0711 e. The van der Waals surface area contributed by atoms with Crippen LogP contribution in [0.2, 0.25) is 0 Å². The average Bonchev–Trinajstić information content (AvgIpc) is 2.40. The molecule has 12 heavy (non-hydrogen) atoms. The number of hydrogen-bond acceptors (Lipinski definition) is 2. The van der Waals surface area contributed by atoms with Crippen molar-refractivity contribution >= 4 is 0 Å². The fraction of sp³-hybridized carbons (Fsp3) is 1.00. The standard InChI is InChI=1S/C10H19NO/c1-9-3-4-10(12-9)5-7-11(2)8-6-10/h9H,3-8H2,1-2H3. The minimum atomic E-state index is 0.284. The highest BCUT2D eigenvalue weighted by atomic mass is 16.5. The van der Waals surface area contributed by atoms with E-state index in [0.717, 1.165) is 0 Å². The van der Waals surface area contributed by atoms with E-state index < -0.39 is 0 Å². The van der Waals surface area contributed by atoms with E-state index in [0.29, 0.717) is 6.10 Å². The van der Waals surface area contributed by atoms with Gasteiger partial charge < -0.3 is 9.64 Å². The van der Waals surface area contributed by atoms with E-state index in [-0.39, 0.29) is 5.60 Å². The first kappa shape index (κ1) is 8.52. The molecule has 0 aromatic carbocycles. The lowest BCUT2D eigenvalue weighted by molar-refractivity contribution is -0.0682. The van der Waals surface area contributed by atoms with Gasteiger partial charge in [0.15, 0.2) is 0 Å². The molecular weight excluding hydrogens is 150 g/mol. The van der Waals surface area contributed by atoms with Crippen molar-refractivity contribution in [3.05, 3.63) is 0 Å². The molecule has 2 heterocycles. The third-order valence-corrected chi connectivity index (χ3v) is 3.36. The summed E-state index contributed by atoms with van der Waals surface area (Å²) < 4.78 is 6.01. The van der Waals surface area contributed by atoms with Gasteiger partial charge in [-0.1, -0.05) is 0 Å². The topological polar surface area (TPSA) is 12.5 Å². The fourth-order valence-electron chi connectivity index (χ4n) is 2.40. The first-order chi connectivity index (χ1) is 5.70. The number of hydrogen-bond donors (Lipinski definition) is 0. The Hall–Kier alpha value is -0.0800. The highest BCUT2D eigenvalue weighted by molar-refractivity contribution is 4.91. The van der Waals surface area contributed by atoms with Crippen LogP contribution in [-0.2, 0) is 4.74 Å². The van der Waals surface area contributed by atoms with Crippen LogP contribution in [0, 0.1) is 0 Å². The van der Waals surface area contributed by atoms with E-state index >= 15 is 0 Å². The minimum Gasteiger partial charge on any atom is -0.372 e. The Morgan fingerprint density at radius 1 is 1.25 bits per heavy atom. The molecule has 0 aromatic heterocycles. The smallest absolute Gasteiger partial charge is 0.0711 e. The van der Waals surface area contributed by atoms with Crippen molar-refractivity contribution in [3.8, 4) is 0 Å². The highest BCUT2D eigenvalue weighted by Gasteiger charge is 2.40. The Bertz CT molecular complexity index is 161. The van der Waals surface area contributed by atoms with Crippen molar-refractivity contribution in [3.63, 3.8) is 0 Å². The molecule has 2 aliphatic heterocycles. The molecule has 0 aromatic rings. The Balaban J connectivity index is 1.95. The zero-order valence-corrected chi connectivity index (χ0v) is 8.18. The SMILES string of the molecule is CC1CCC2(CCN(C)CC2)O1. The number of likely N-dealkylation sites (tertiary alicyclic amines) is 1. The lowest BCUT2D eigenvalue weighted by atomic mass is 9.89. The van der Waals surface area contributed by atoms with Crippen molar-refractivity contribution in [1.29, 1.82) is 0 Å². The lowest BCUT2D eigenvalue weighted by Crippen LogP contribution is -2.42. The average molecular weight is 169 g/mol. The molecule has 70 valence electrons. The van der Waals surface area contributed by atoms with Gasteiger partial charge in [0, 0.05) is 13.1 Å². The van der Waals surface area contributed by atoms with Crippen molar-refractivity contribution in [2.24, 2.45) is 0 Å². The van der Waals surface area contributed by atoms with Gasteiger partial charge in [-0.05, 0) is 39.7 Å². The molecule has 1 spiro atoms. The van der Waals surface area contributed by atoms with Crippen molar-refractivity contribution in [2.75, 3.05) is 20.1 Å². The van der Waals surface area contributed by atoms with Crippen LogP contribution in [-0.4, -0.2) is 36.7 Å². The molecule has 0 bridgehead atoms. The van der Waals surface area contributed by atoms with Crippen molar-refractivity contribution in [2.45, 2.75) is 44.3 Å². The summed E-state index contributed by atoms with van der Waals surface area (Å²) in [6.07, 6.45) is 5.56. The van der Waals surface area contributed by atoms with Crippen LogP contribution in [0.3, 0.4) is 0 Å². The van der Waals surface area contributed by atoms with Gasteiger partial charge in [0.25, 0.3) is 0 Å². The van der Waals surface area contributed by atoms with Crippen LogP contribution in [0.1, 0.15) is 32.6 Å². The summed E-state index contributed by atoms with van der Waals surface area (Å²) in [6, 6.07) is 0. The highest BCUT2D eigenvalue weighted by Crippen LogP contribution is 2.38. The summed E-state index contributed by atoms with van der Waals surface area (Å²) in [5.41, 5.74) is 0.284. The predicted octanol–water partition coefficient (Wildman–Crippen LogP) is 1.65. The Morgan fingerprint density at radius 2 is 1.92 bits per heavy atom. The van der Waals surface area contributed by atoms with Crippen LogP contribution in [0.4, 0.5) is 0 Å². The van der Waals surface area contributed by atoms with Gasteiger partial charge in [-0.25, -0.2) is 0 Å². The first-order valence-electron chi connectivity index (χ1n) is 5.07. The second-order valence-electron chi connectivity index (χ2n) is 4.45. The second-order valence-corrected chi connectivity index (χ2v) is 4.45. The van der Waals surface area contributed by atoms with Crippen LogP contribution >= 0.6 is 0 Å². The van der Waals surface area contributed by atoms with Crippen molar-refractivity contribution in [1.82, 2.24) is 4.90 Å². The largest absolute Gasteiger partial charge is 0.372 e. The summed E-state index contributed by atoms with van der Waals surface area (Å²) in [5.74, 6) is 0. The van der Waals surface area contributed by atoms with Gasteiger partial charge in [-0.3, -0.25) is 0 Å². The van der Waals surface area contributed by atoms with Crippen LogP contribution in [0.25, 0.3) is 0 Å². The van der Waals surface area contributed by atoms with Gasteiger partial charge in [0.05, 0.1) is 11.7 Å². The lowest BCUT2D eigenvalue weighted by Gasteiger charge is -2.37. The van der Waals surface area contributed by atoms with E-state index in [1.165, 1.54) is 38.8 Å². The Morgan fingerprint density at radius 3 is 2.42 bits per heavy atom. The first-order valence-corrected chi connectivity index (χ1v) is 5.07. The van der Waals surface area contributed by atoms with E-state index in [9.17, 15) is 0 Å². The molecule has 0 amide bonds. The molecule has 2 fully saturated rings. The molecule has 1 atom stereocenters. The maximum absolute atomic E-state index is 6.01. The predicted molar refractivity (Wildman–Crippen MR) is 49.2 cm³/mol. The van der Waals surface area contributed by atoms with E-state index in [4.69, 9.17) is 4.74 Å². The number of nitrogens with zero attached hydrogens (tertiary/aromatic N) is 1. The maximum atomic E-state index is 6.01. The Labute approximate surface area is 74.9 Å². The van der Waals surface area contributed by atoms with Crippen molar-refractivity contribution < 1.29 is 4.74 Å². The molecular formula is C10H19NO. The molecule has 0 radical (unpaired) electrons. The van der Waals surface area contributed by atoms with Crippen LogP contribution < -0.4 is 0 Å². The van der Waals surface area contributed by atoms with Gasteiger partial charge in [-0.15, -0.1) is 0 Å². The van der Waals surface area contributed by atoms with Crippen LogP contribution in [0.15, 0.2) is 0 Å². The molecule has 0 N–H and O–H groups in total. The van der Waals surface area contributed by atoms with E-state index in [2.05, 4.69) is 18.9 Å². The summed E-state index contributed by atoms with van der Waals surface area (Å²) in [4.78, 5) is 2.40. The van der Waals surface area contributed by atoms with E-state index in [1.54, 1.807) is 0 Å². The molecule has 2 aliphatic rings. The molecule has 1 unspecified atom stereocenters. The monoisotopic (exact) mass is 169 g/mol. The zero-order valence-electron chi connectivity index (χ0n) is 8.18. The number of ether oxygens (including phenoxy) is 1. The van der Waals surface area contributed by atoms with Gasteiger partial charge in [-0.2, -0.15) is 0 Å². The fourth-order valence-corrected chi connectivity index (χ4v) is 2.40. The molecule has 0 saturated carbocycles. The normalized spacial score (nSPS) is 36.0. The summed E-state index contributed by atoms with van der Waals surface area (Å²) >= 11 is 0. The molecule has 0 aliphatic carbocycles. The summed E-state index contributed by atoms with van der Waals surface area (Å²) in [6.45, 7) is 4.63. The summed E-state index contributed by atoms with van der Waals surface area (Å²) in [5, 5.41) is 0. The van der Waals surface area contributed by atoms with Crippen LogP contribution in [0.5, 0.6) is 0 Å². The third-order valence-electron chi connectivity index (χ3n) is 3.36. The van der Waals surface area contributed by atoms with Gasteiger partial charge in [0.1, 0.15) is 0 Å². The molecule has 2 nitrogen and oxygen atoms in total. The molecule has 2 saturated heterocycles. The molecule has 2 heteroatoms. The number of piperidine rings is 1. The second kappa shape index (κ2) is 3.00. The Kier molecular flexibility index (Phi) is 2.13. The van der Waals surface area contributed by atoms with Gasteiger partial charge >= 0.3 is 0 Å². The van der Waals surface area contributed by atoms with E-state index in [1.807, 2.05) is 0 Å². The minimum absolute atomic E-state index is 0.284. The summed E-state index contributed by atoms with van der Waals surface area (Å²) in [7, 11) is 2.20. The molecule has 2 rings (SSSR count).